The van der Waals surface area contributed by atoms with Crippen LogP contribution in [0, 0.1) is 0 Å². The van der Waals surface area contributed by atoms with Gasteiger partial charge in [0.15, 0.2) is 0 Å². The predicted molar refractivity (Wildman–Crippen MR) is 108 cm³/mol. The molecule has 1 saturated heterocycles. The minimum atomic E-state index is 0.536. The molecule has 2 aromatic rings. The molecule has 2 aromatic heterocycles. The standard InChI is InChI=1S/C22H24N4/c1-16-6-3-2-4-12-24-22-21(16)18(11-15-25-22)20-8-5-7-19(26-20)17-9-13-23-14-10-17/h2-8,11,15,17,23H,1,9-10,12-14H2,(H,24,25)/b4-2-,6-3-. The normalized spacial score (nSPS) is 20.2. The Bertz CT molecular complexity index is 860. The summed E-state index contributed by atoms with van der Waals surface area (Å²) in [5.74, 6) is 1.39. The molecule has 0 spiro atoms. The Labute approximate surface area is 154 Å². The summed E-state index contributed by atoms with van der Waals surface area (Å²) in [6, 6.07) is 8.41. The Balaban J connectivity index is 1.77. The second-order valence-corrected chi connectivity index (χ2v) is 6.75. The Morgan fingerprint density at radius 2 is 1.96 bits per heavy atom. The summed E-state index contributed by atoms with van der Waals surface area (Å²) in [6.45, 7) is 7.14. The molecule has 0 saturated carbocycles. The summed E-state index contributed by atoms with van der Waals surface area (Å²) >= 11 is 0. The van der Waals surface area contributed by atoms with E-state index in [0.29, 0.717) is 5.92 Å². The van der Waals surface area contributed by atoms with Crippen molar-refractivity contribution in [2.24, 2.45) is 0 Å². The third-order valence-corrected chi connectivity index (χ3v) is 5.01. The summed E-state index contributed by atoms with van der Waals surface area (Å²) in [6.07, 6.45) is 12.3. The van der Waals surface area contributed by atoms with E-state index < -0.39 is 0 Å². The largest absolute Gasteiger partial charge is 0.366 e. The van der Waals surface area contributed by atoms with Crippen LogP contribution in [0.1, 0.15) is 30.0 Å². The second kappa shape index (κ2) is 7.67. The van der Waals surface area contributed by atoms with Crippen molar-refractivity contribution >= 4 is 11.4 Å². The fourth-order valence-electron chi connectivity index (χ4n) is 3.64. The summed E-state index contributed by atoms with van der Waals surface area (Å²) in [4.78, 5) is 9.56. The lowest BCUT2D eigenvalue weighted by atomic mass is 9.93. The van der Waals surface area contributed by atoms with Gasteiger partial charge in [-0.25, -0.2) is 4.98 Å². The smallest absolute Gasteiger partial charge is 0.134 e. The number of nitrogens with one attached hydrogen (secondary N) is 2. The number of piperidine rings is 1. The quantitative estimate of drug-likeness (QED) is 0.859. The first-order chi connectivity index (χ1) is 12.8. The van der Waals surface area contributed by atoms with E-state index in [2.05, 4.69) is 46.5 Å². The van der Waals surface area contributed by atoms with Crippen molar-refractivity contribution in [3.8, 4) is 11.3 Å². The molecule has 0 aliphatic carbocycles. The Morgan fingerprint density at radius 3 is 2.85 bits per heavy atom. The zero-order valence-electron chi connectivity index (χ0n) is 14.9. The van der Waals surface area contributed by atoms with Gasteiger partial charge < -0.3 is 10.6 Å². The predicted octanol–water partition coefficient (Wildman–Crippen LogP) is 4.16. The molecule has 1 fully saturated rings. The van der Waals surface area contributed by atoms with Crippen LogP contribution in [0.4, 0.5) is 5.82 Å². The molecule has 2 aliphatic rings. The van der Waals surface area contributed by atoms with Crippen molar-refractivity contribution in [2.45, 2.75) is 18.8 Å². The fourth-order valence-corrected chi connectivity index (χ4v) is 3.64. The average Bonchev–Trinajstić information content (AvgIpc) is 2.79. The maximum atomic E-state index is 5.02. The highest BCUT2D eigenvalue weighted by Crippen LogP contribution is 2.34. The van der Waals surface area contributed by atoms with Crippen molar-refractivity contribution in [1.82, 2.24) is 15.3 Å². The van der Waals surface area contributed by atoms with Gasteiger partial charge in [0.25, 0.3) is 0 Å². The van der Waals surface area contributed by atoms with Crippen LogP contribution >= 0.6 is 0 Å². The number of hydrogen-bond acceptors (Lipinski definition) is 4. The molecular weight excluding hydrogens is 320 g/mol. The first kappa shape index (κ1) is 16.7. The number of anilines is 1. The van der Waals surface area contributed by atoms with Crippen molar-refractivity contribution in [2.75, 3.05) is 25.0 Å². The van der Waals surface area contributed by atoms with Crippen LogP contribution in [-0.2, 0) is 0 Å². The number of rotatable bonds is 2. The van der Waals surface area contributed by atoms with Crippen LogP contribution in [0.2, 0.25) is 0 Å². The van der Waals surface area contributed by atoms with Crippen LogP contribution < -0.4 is 10.6 Å². The van der Waals surface area contributed by atoms with E-state index in [-0.39, 0.29) is 0 Å². The summed E-state index contributed by atoms with van der Waals surface area (Å²) in [5.41, 5.74) is 5.23. The lowest BCUT2D eigenvalue weighted by Crippen LogP contribution is -2.27. The van der Waals surface area contributed by atoms with E-state index in [1.54, 1.807) is 0 Å². The molecule has 4 rings (SSSR count). The van der Waals surface area contributed by atoms with Gasteiger partial charge in [-0.2, -0.15) is 0 Å². The first-order valence-corrected chi connectivity index (χ1v) is 9.26. The maximum absolute atomic E-state index is 5.02. The molecule has 0 unspecified atom stereocenters. The lowest BCUT2D eigenvalue weighted by Gasteiger charge is -2.23. The molecule has 0 radical (unpaired) electrons. The van der Waals surface area contributed by atoms with Gasteiger partial charge in [-0.05, 0) is 49.7 Å². The highest BCUT2D eigenvalue weighted by atomic mass is 15.0. The van der Waals surface area contributed by atoms with Crippen molar-refractivity contribution in [3.05, 3.63) is 72.6 Å². The number of hydrogen-bond donors (Lipinski definition) is 2. The number of allylic oxidation sites excluding steroid dienone is 4. The maximum Gasteiger partial charge on any atom is 0.134 e. The summed E-state index contributed by atoms with van der Waals surface area (Å²) < 4.78 is 0. The zero-order valence-corrected chi connectivity index (χ0v) is 14.9. The summed E-state index contributed by atoms with van der Waals surface area (Å²) in [7, 11) is 0. The Kier molecular flexibility index (Phi) is 4.93. The molecule has 4 nitrogen and oxygen atoms in total. The minimum Gasteiger partial charge on any atom is -0.366 e. The van der Waals surface area contributed by atoms with Crippen LogP contribution in [0.15, 0.2) is 61.3 Å². The van der Waals surface area contributed by atoms with Gasteiger partial charge in [0.2, 0.25) is 0 Å². The fraction of sp³-hybridized carbons (Fsp3) is 0.273. The molecule has 2 aliphatic heterocycles. The SMILES string of the molecule is C=C1/C=C\C=C/CNc2nccc(-c3cccc(C4CCNCC4)n3)c21. The zero-order chi connectivity index (χ0) is 17.8. The third-order valence-electron chi connectivity index (χ3n) is 5.01. The highest BCUT2D eigenvalue weighted by Gasteiger charge is 2.19. The van der Waals surface area contributed by atoms with Crippen LogP contribution in [0.3, 0.4) is 0 Å². The van der Waals surface area contributed by atoms with E-state index in [9.17, 15) is 0 Å². The lowest BCUT2D eigenvalue weighted by molar-refractivity contribution is 0.453. The van der Waals surface area contributed by atoms with Gasteiger partial charge >= 0.3 is 0 Å². The van der Waals surface area contributed by atoms with Gasteiger partial charge in [0.1, 0.15) is 5.82 Å². The van der Waals surface area contributed by atoms with Crippen LogP contribution in [0.25, 0.3) is 16.8 Å². The van der Waals surface area contributed by atoms with E-state index >= 15 is 0 Å². The Morgan fingerprint density at radius 1 is 1.08 bits per heavy atom. The number of pyridine rings is 2. The molecule has 0 atom stereocenters. The molecule has 2 N–H and O–H groups in total. The van der Waals surface area contributed by atoms with Gasteiger partial charge in [-0.3, -0.25) is 4.98 Å². The van der Waals surface area contributed by atoms with Gasteiger partial charge in [0.05, 0.1) is 5.69 Å². The number of fused-ring (bicyclic) bond motifs is 1. The van der Waals surface area contributed by atoms with Crippen LogP contribution in [0.5, 0.6) is 0 Å². The third kappa shape index (κ3) is 3.46. The average molecular weight is 344 g/mol. The molecule has 4 heterocycles. The van der Waals surface area contributed by atoms with E-state index in [1.807, 2.05) is 30.5 Å². The topological polar surface area (TPSA) is 49.8 Å². The van der Waals surface area contributed by atoms with E-state index in [0.717, 1.165) is 60.7 Å². The molecule has 4 heteroatoms. The molecule has 26 heavy (non-hydrogen) atoms. The molecule has 0 bridgehead atoms. The van der Waals surface area contributed by atoms with E-state index in [1.165, 1.54) is 5.69 Å². The molecule has 132 valence electrons. The molecular formula is C22H24N4. The number of nitrogens with zero attached hydrogens (tertiary/aromatic N) is 2. The molecule has 0 amide bonds. The Hall–Kier alpha value is -2.72. The van der Waals surface area contributed by atoms with E-state index in [4.69, 9.17) is 4.98 Å². The van der Waals surface area contributed by atoms with Crippen molar-refractivity contribution in [1.29, 1.82) is 0 Å². The van der Waals surface area contributed by atoms with Crippen molar-refractivity contribution < 1.29 is 0 Å². The highest BCUT2D eigenvalue weighted by molar-refractivity contribution is 5.89. The van der Waals surface area contributed by atoms with Gasteiger partial charge in [-0.15, -0.1) is 0 Å². The van der Waals surface area contributed by atoms with Crippen molar-refractivity contribution in [3.63, 3.8) is 0 Å². The monoisotopic (exact) mass is 344 g/mol. The van der Waals surface area contributed by atoms with Gasteiger partial charge in [0, 0.05) is 35.5 Å². The van der Waals surface area contributed by atoms with Gasteiger partial charge in [-0.1, -0.05) is 36.9 Å². The first-order valence-electron chi connectivity index (χ1n) is 9.26. The number of aromatic nitrogens is 2. The summed E-state index contributed by atoms with van der Waals surface area (Å²) in [5, 5.41) is 6.82. The second-order valence-electron chi connectivity index (χ2n) is 6.75. The van der Waals surface area contributed by atoms with Crippen LogP contribution in [-0.4, -0.2) is 29.6 Å². The molecule has 0 aromatic carbocycles. The minimum absolute atomic E-state index is 0.536.